The van der Waals surface area contributed by atoms with Gasteiger partial charge in [0.05, 0.1) is 11.7 Å². The van der Waals surface area contributed by atoms with Crippen molar-refractivity contribution in [1.82, 2.24) is 15.5 Å². The lowest BCUT2D eigenvalue weighted by atomic mass is 10.1. The lowest BCUT2D eigenvalue weighted by Gasteiger charge is -2.21. The first-order valence-corrected chi connectivity index (χ1v) is 8.16. The molecule has 1 atom stereocenters. The van der Waals surface area contributed by atoms with Crippen molar-refractivity contribution in [3.63, 3.8) is 0 Å². The van der Waals surface area contributed by atoms with E-state index in [9.17, 15) is 9.59 Å². The highest BCUT2D eigenvalue weighted by molar-refractivity contribution is 5.95. The Kier molecular flexibility index (Phi) is 4.97. The van der Waals surface area contributed by atoms with Gasteiger partial charge in [-0.3, -0.25) is 9.59 Å². The standard InChI is InChI=1S/C17H20N4O4/c1-10(12-6-7-14-13(8-12)20-16(23)9-24-14)18-15(22)4-3-5-17-19-11(2)21-25-17/h6-8,10H,3-5,9H2,1-2H3,(H,18,22)(H,20,23)/t10-/m1/s1. The molecule has 1 aliphatic rings. The summed E-state index contributed by atoms with van der Waals surface area (Å²) in [4.78, 5) is 27.6. The van der Waals surface area contributed by atoms with Gasteiger partial charge in [-0.05, 0) is 38.0 Å². The van der Waals surface area contributed by atoms with Crippen molar-refractivity contribution < 1.29 is 18.8 Å². The molecule has 0 saturated carbocycles. The Bertz CT molecular complexity index is 787. The molecule has 3 rings (SSSR count). The molecule has 25 heavy (non-hydrogen) atoms. The third-order valence-electron chi connectivity index (χ3n) is 3.88. The molecule has 2 amide bonds. The number of hydrogen-bond acceptors (Lipinski definition) is 6. The van der Waals surface area contributed by atoms with E-state index in [1.165, 1.54) is 0 Å². The average molecular weight is 344 g/mol. The first-order valence-electron chi connectivity index (χ1n) is 8.16. The number of fused-ring (bicyclic) bond motifs is 1. The molecule has 0 radical (unpaired) electrons. The number of carbonyl (C=O) groups is 2. The summed E-state index contributed by atoms with van der Waals surface area (Å²) in [5.41, 5.74) is 1.52. The maximum Gasteiger partial charge on any atom is 0.262 e. The number of anilines is 1. The maximum atomic E-state index is 12.1. The van der Waals surface area contributed by atoms with Crippen LogP contribution in [0.5, 0.6) is 5.75 Å². The largest absolute Gasteiger partial charge is 0.482 e. The van der Waals surface area contributed by atoms with Gasteiger partial charge in [0.15, 0.2) is 12.4 Å². The molecule has 0 unspecified atom stereocenters. The smallest absolute Gasteiger partial charge is 0.262 e. The molecule has 2 aromatic rings. The van der Waals surface area contributed by atoms with Crippen LogP contribution in [-0.2, 0) is 16.0 Å². The fourth-order valence-corrected chi connectivity index (χ4v) is 2.61. The van der Waals surface area contributed by atoms with Gasteiger partial charge in [0.2, 0.25) is 11.8 Å². The summed E-state index contributed by atoms with van der Waals surface area (Å²) in [5, 5.41) is 9.43. The summed E-state index contributed by atoms with van der Waals surface area (Å²) in [6, 6.07) is 5.31. The van der Waals surface area contributed by atoms with Crippen molar-refractivity contribution >= 4 is 17.5 Å². The number of ether oxygens (including phenoxy) is 1. The maximum absolute atomic E-state index is 12.1. The van der Waals surface area contributed by atoms with E-state index in [0.29, 0.717) is 42.4 Å². The topological polar surface area (TPSA) is 106 Å². The predicted octanol–water partition coefficient (Wildman–Crippen LogP) is 1.91. The summed E-state index contributed by atoms with van der Waals surface area (Å²) >= 11 is 0. The van der Waals surface area contributed by atoms with Gasteiger partial charge in [-0.15, -0.1) is 0 Å². The third-order valence-corrected chi connectivity index (χ3v) is 3.88. The van der Waals surface area contributed by atoms with Crippen LogP contribution < -0.4 is 15.4 Å². The third kappa shape index (κ3) is 4.34. The molecule has 0 bridgehead atoms. The minimum absolute atomic E-state index is 0.0260. The molecule has 1 aliphatic heterocycles. The lowest BCUT2D eigenvalue weighted by Crippen LogP contribution is -2.28. The van der Waals surface area contributed by atoms with Crippen LogP contribution in [0.25, 0.3) is 0 Å². The van der Waals surface area contributed by atoms with E-state index in [1.807, 2.05) is 19.1 Å². The zero-order chi connectivity index (χ0) is 17.8. The van der Waals surface area contributed by atoms with Gasteiger partial charge in [0.25, 0.3) is 5.91 Å². The number of nitrogens with zero attached hydrogens (tertiary/aromatic N) is 2. The van der Waals surface area contributed by atoms with E-state index in [-0.39, 0.29) is 24.5 Å². The van der Waals surface area contributed by atoms with Crippen LogP contribution in [0.15, 0.2) is 22.7 Å². The monoisotopic (exact) mass is 344 g/mol. The van der Waals surface area contributed by atoms with Gasteiger partial charge in [-0.1, -0.05) is 11.2 Å². The molecule has 8 nitrogen and oxygen atoms in total. The summed E-state index contributed by atoms with van der Waals surface area (Å²) in [6.07, 6.45) is 1.58. The highest BCUT2D eigenvalue weighted by atomic mass is 16.5. The lowest BCUT2D eigenvalue weighted by molar-refractivity contribution is -0.122. The van der Waals surface area contributed by atoms with Gasteiger partial charge in [0.1, 0.15) is 5.75 Å². The van der Waals surface area contributed by atoms with E-state index >= 15 is 0 Å². The van der Waals surface area contributed by atoms with Crippen molar-refractivity contribution in [3.05, 3.63) is 35.5 Å². The number of hydrogen-bond donors (Lipinski definition) is 2. The van der Waals surface area contributed by atoms with E-state index in [1.54, 1.807) is 13.0 Å². The first-order chi connectivity index (χ1) is 12.0. The number of carbonyl (C=O) groups excluding carboxylic acids is 2. The van der Waals surface area contributed by atoms with E-state index in [4.69, 9.17) is 9.26 Å². The van der Waals surface area contributed by atoms with Gasteiger partial charge >= 0.3 is 0 Å². The Labute approximate surface area is 144 Å². The van der Waals surface area contributed by atoms with Crippen LogP contribution in [0.4, 0.5) is 5.69 Å². The molecule has 0 aliphatic carbocycles. The number of aromatic nitrogens is 2. The van der Waals surface area contributed by atoms with Gasteiger partial charge in [-0.2, -0.15) is 4.98 Å². The molecule has 2 N–H and O–H groups in total. The molecule has 0 spiro atoms. The first kappa shape index (κ1) is 16.9. The summed E-state index contributed by atoms with van der Waals surface area (Å²) in [7, 11) is 0. The number of nitrogens with one attached hydrogen (secondary N) is 2. The van der Waals surface area contributed by atoms with Crippen LogP contribution in [0.2, 0.25) is 0 Å². The molecule has 0 saturated heterocycles. The zero-order valence-corrected chi connectivity index (χ0v) is 14.2. The van der Waals surface area contributed by atoms with Crippen molar-refractivity contribution in [2.45, 2.75) is 39.2 Å². The van der Waals surface area contributed by atoms with Gasteiger partial charge < -0.3 is 19.9 Å². The van der Waals surface area contributed by atoms with Crippen LogP contribution in [0.1, 0.15) is 43.1 Å². The van der Waals surface area contributed by atoms with E-state index < -0.39 is 0 Å². The van der Waals surface area contributed by atoms with E-state index in [2.05, 4.69) is 20.8 Å². The number of amides is 2. The van der Waals surface area contributed by atoms with Crippen molar-refractivity contribution in [2.75, 3.05) is 11.9 Å². The van der Waals surface area contributed by atoms with Crippen molar-refractivity contribution in [1.29, 1.82) is 0 Å². The molecule has 132 valence electrons. The highest BCUT2D eigenvalue weighted by Gasteiger charge is 2.18. The highest BCUT2D eigenvalue weighted by Crippen LogP contribution is 2.30. The van der Waals surface area contributed by atoms with E-state index in [0.717, 1.165) is 5.56 Å². The Morgan fingerprint density at radius 3 is 3.04 bits per heavy atom. The fourth-order valence-electron chi connectivity index (χ4n) is 2.61. The zero-order valence-electron chi connectivity index (χ0n) is 14.2. The second kappa shape index (κ2) is 7.33. The molecular formula is C17H20N4O4. The second-order valence-electron chi connectivity index (χ2n) is 5.97. The molecule has 1 aromatic heterocycles. The normalized spacial score (nSPS) is 14.2. The van der Waals surface area contributed by atoms with Gasteiger partial charge in [-0.25, -0.2) is 0 Å². The second-order valence-corrected chi connectivity index (χ2v) is 5.97. The Morgan fingerprint density at radius 1 is 1.44 bits per heavy atom. The Balaban J connectivity index is 1.51. The summed E-state index contributed by atoms with van der Waals surface area (Å²) < 4.78 is 10.3. The van der Waals surface area contributed by atoms with Gasteiger partial charge in [0, 0.05) is 12.8 Å². The van der Waals surface area contributed by atoms with Crippen LogP contribution in [-0.4, -0.2) is 28.6 Å². The minimum Gasteiger partial charge on any atom is -0.482 e. The van der Waals surface area contributed by atoms with Crippen molar-refractivity contribution in [2.24, 2.45) is 0 Å². The molecule has 2 heterocycles. The molecular weight excluding hydrogens is 324 g/mol. The summed E-state index contributed by atoms with van der Waals surface area (Å²) in [5.74, 6) is 1.54. The molecule has 0 fully saturated rings. The Morgan fingerprint density at radius 2 is 2.28 bits per heavy atom. The van der Waals surface area contributed by atoms with Crippen LogP contribution >= 0.6 is 0 Å². The van der Waals surface area contributed by atoms with Crippen molar-refractivity contribution in [3.8, 4) is 5.75 Å². The predicted molar refractivity (Wildman–Crippen MR) is 89.1 cm³/mol. The SMILES string of the molecule is Cc1noc(CCCC(=O)N[C@H](C)c2ccc3c(c2)NC(=O)CO3)n1. The van der Waals surface area contributed by atoms with Crippen LogP contribution in [0, 0.1) is 6.92 Å². The number of rotatable bonds is 6. The Hall–Kier alpha value is -2.90. The molecule has 1 aromatic carbocycles. The number of benzene rings is 1. The quantitative estimate of drug-likeness (QED) is 0.829. The molecule has 8 heteroatoms. The number of aryl methyl sites for hydroxylation is 2. The van der Waals surface area contributed by atoms with Crippen LogP contribution in [0.3, 0.4) is 0 Å². The average Bonchev–Trinajstić information content (AvgIpc) is 2.99. The summed E-state index contributed by atoms with van der Waals surface area (Å²) in [6.45, 7) is 3.68. The fraction of sp³-hybridized carbons (Fsp3) is 0.412. The minimum atomic E-state index is -0.183.